The van der Waals surface area contributed by atoms with Crippen LogP contribution in [0.15, 0.2) is 42.6 Å². The Labute approximate surface area is 243 Å². The first kappa shape index (κ1) is 29.3. The molecule has 1 amide bonds. The Balaban J connectivity index is 1.38. The highest BCUT2D eigenvalue weighted by atomic mass is 32.2. The number of alkyl halides is 3. The van der Waals surface area contributed by atoms with Crippen LogP contribution in [0.25, 0.3) is 0 Å². The number of carboxylic acid groups (broad SMARTS) is 1. The number of amides is 1. The number of methoxy groups -OCH3 is 1. The minimum Gasteiger partial charge on any atom is -0.494 e. The number of aryl methyl sites for hydroxylation is 1. The van der Waals surface area contributed by atoms with Crippen LogP contribution in [0.2, 0.25) is 0 Å². The molecule has 3 unspecified atom stereocenters. The van der Waals surface area contributed by atoms with Crippen LogP contribution in [0.5, 0.6) is 11.5 Å². The maximum absolute atomic E-state index is 13.9. The topological polar surface area (TPSA) is 135 Å². The molecule has 6 rings (SSSR count). The van der Waals surface area contributed by atoms with Crippen molar-refractivity contribution in [2.45, 2.75) is 48.5 Å². The van der Waals surface area contributed by atoms with Gasteiger partial charge >= 0.3 is 12.1 Å². The molecule has 2 saturated heterocycles. The lowest BCUT2D eigenvalue weighted by molar-refractivity contribution is -0.142. The summed E-state index contributed by atoms with van der Waals surface area (Å²) in [6.45, 7) is 1.66. The predicted octanol–water partition coefficient (Wildman–Crippen LogP) is 5.53. The Morgan fingerprint density at radius 2 is 1.95 bits per heavy atom. The predicted molar refractivity (Wildman–Crippen MR) is 151 cm³/mol. The molecule has 222 valence electrons. The number of carbonyl (C=O) groups is 2. The summed E-state index contributed by atoms with van der Waals surface area (Å²) in [5, 5.41) is 17.6. The minimum atomic E-state index is -4.77. The van der Waals surface area contributed by atoms with Gasteiger partial charge in [-0.15, -0.1) is 11.8 Å². The molecule has 1 aromatic heterocycles. The molecule has 42 heavy (non-hydrogen) atoms. The normalized spacial score (nSPS) is 21.1. The molecule has 2 bridgehead atoms. The van der Waals surface area contributed by atoms with Crippen molar-refractivity contribution in [3.8, 4) is 11.5 Å². The smallest absolute Gasteiger partial charge is 0.421 e. The zero-order valence-corrected chi connectivity index (χ0v) is 23.7. The number of anilines is 4. The Morgan fingerprint density at radius 1 is 1.19 bits per heavy atom. The number of nitrogens with one attached hydrogen (secondary N) is 3. The molecule has 10 nitrogen and oxygen atoms in total. The number of fused-ring (bicyclic) bond motifs is 2. The first-order valence-corrected chi connectivity index (χ1v) is 13.9. The Morgan fingerprint density at radius 3 is 2.57 bits per heavy atom. The van der Waals surface area contributed by atoms with Gasteiger partial charge in [0.2, 0.25) is 5.95 Å². The van der Waals surface area contributed by atoms with Gasteiger partial charge in [0, 0.05) is 24.6 Å². The molecule has 3 atom stereocenters. The molecule has 0 spiro atoms. The van der Waals surface area contributed by atoms with Crippen LogP contribution in [0, 0.1) is 6.92 Å². The molecular formula is C28H28F3N5O5S. The third kappa shape index (κ3) is 5.62. The maximum Gasteiger partial charge on any atom is 0.421 e. The average Bonchev–Trinajstić information content (AvgIpc) is 2.93. The molecule has 14 heteroatoms. The molecule has 1 saturated carbocycles. The highest BCUT2D eigenvalue weighted by molar-refractivity contribution is 8.03. The third-order valence-corrected chi connectivity index (χ3v) is 9.10. The number of rotatable bonds is 9. The summed E-state index contributed by atoms with van der Waals surface area (Å²) in [4.78, 5) is 31.9. The van der Waals surface area contributed by atoms with Gasteiger partial charge in [-0.25, -0.2) is 4.98 Å². The van der Waals surface area contributed by atoms with Gasteiger partial charge in [0.1, 0.15) is 33.7 Å². The Kier molecular flexibility index (Phi) is 7.84. The lowest BCUT2D eigenvalue weighted by atomic mass is 9.84. The number of benzene rings is 2. The fourth-order valence-corrected chi connectivity index (χ4v) is 6.68. The molecular weight excluding hydrogens is 575 g/mol. The van der Waals surface area contributed by atoms with Crippen LogP contribution in [-0.4, -0.2) is 57.2 Å². The van der Waals surface area contributed by atoms with E-state index in [-0.39, 0.29) is 28.6 Å². The van der Waals surface area contributed by atoms with Crippen molar-refractivity contribution in [3.63, 3.8) is 0 Å². The summed E-state index contributed by atoms with van der Waals surface area (Å²) in [5.41, 5.74) is 0.149. The van der Waals surface area contributed by atoms with Crippen molar-refractivity contribution in [3.05, 3.63) is 59.3 Å². The van der Waals surface area contributed by atoms with E-state index in [0.29, 0.717) is 48.2 Å². The largest absolute Gasteiger partial charge is 0.494 e. The zero-order chi connectivity index (χ0) is 30.2. The standard InChI is InChI=1S/C28H28F3N5O5S/c1-14-5-4-6-16(24(37)32-2)22(14)35-23-17(28(29,30)31)13-33-26(36-23)34-18-8-7-15(11-20(18)40-3)41-19-9-10-27(25(38)39)12-21(19)42-27/h4-8,11,13,19,21H,9-10,12H2,1-3H3,(H,32,37)(H,38,39)(H2,33,34,35,36). The second-order valence-electron chi connectivity index (χ2n) is 10.00. The summed E-state index contributed by atoms with van der Waals surface area (Å²) >= 11 is 1.43. The quantitative estimate of drug-likeness (QED) is 0.247. The van der Waals surface area contributed by atoms with Crippen molar-refractivity contribution >= 4 is 46.8 Å². The van der Waals surface area contributed by atoms with Crippen molar-refractivity contribution in [1.82, 2.24) is 15.3 Å². The molecule has 4 N–H and O–H groups in total. The second kappa shape index (κ2) is 11.2. The fraction of sp³-hybridized carbons (Fsp3) is 0.357. The van der Waals surface area contributed by atoms with Gasteiger partial charge < -0.3 is 30.5 Å². The molecule has 3 fully saturated rings. The van der Waals surface area contributed by atoms with E-state index in [9.17, 15) is 27.9 Å². The number of aromatic nitrogens is 2. The minimum absolute atomic E-state index is 0.0854. The SMILES string of the molecule is CNC(=O)c1cccc(C)c1Nc1nc(Nc2ccc(OC3CCC4(C(=O)O)CC3S4)cc2OC)ncc1C(F)(F)F. The van der Waals surface area contributed by atoms with Gasteiger partial charge in [0.05, 0.1) is 24.0 Å². The molecule has 3 aliphatic rings. The van der Waals surface area contributed by atoms with Gasteiger partial charge in [-0.1, -0.05) is 12.1 Å². The van der Waals surface area contributed by atoms with Crippen LogP contribution in [-0.2, 0) is 11.0 Å². The number of carboxylic acids is 1. The number of thioether (sulfide) groups is 1. The molecule has 1 aliphatic carbocycles. The van der Waals surface area contributed by atoms with Crippen LogP contribution in [0.1, 0.15) is 40.7 Å². The van der Waals surface area contributed by atoms with Crippen LogP contribution in [0.3, 0.4) is 0 Å². The summed E-state index contributed by atoms with van der Waals surface area (Å²) in [6.07, 6.45) is -2.55. The number of hydrogen-bond donors (Lipinski definition) is 4. The Bertz CT molecular complexity index is 1520. The number of nitrogens with zero attached hydrogens (tertiary/aromatic N) is 2. The number of para-hydroxylation sites is 1. The molecule has 0 radical (unpaired) electrons. The number of aliphatic carboxylic acids is 1. The highest BCUT2D eigenvalue weighted by Crippen LogP contribution is 2.57. The number of halogens is 3. The fourth-order valence-electron chi connectivity index (χ4n) is 5.08. The second-order valence-corrected chi connectivity index (χ2v) is 11.6. The van der Waals surface area contributed by atoms with E-state index >= 15 is 0 Å². The number of carbonyl (C=O) groups excluding carboxylic acids is 1. The highest BCUT2D eigenvalue weighted by Gasteiger charge is 2.58. The van der Waals surface area contributed by atoms with Gasteiger partial charge in [0.25, 0.3) is 5.91 Å². The summed E-state index contributed by atoms with van der Waals surface area (Å²) in [5.74, 6) is -1.09. The maximum atomic E-state index is 13.9. The van der Waals surface area contributed by atoms with Crippen LogP contribution >= 0.6 is 11.8 Å². The summed E-state index contributed by atoms with van der Waals surface area (Å²) in [7, 11) is 2.87. The van der Waals surface area contributed by atoms with Crippen LogP contribution < -0.4 is 25.4 Å². The Hall–Kier alpha value is -4.20. The lowest BCUT2D eigenvalue weighted by Gasteiger charge is -2.51. The summed E-state index contributed by atoms with van der Waals surface area (Å²) in [6, 6.07) is 9.74. The number of hydrogen-bond acceptors (Lipinski definition) is 9. The average molecular weight is 604 g/mol. The molecule has 2 aromatic carbocycles. The van der Waals surface area contributed by atoms with E-state index in [1.165, 1.54) is 32.0 Å². The van der Waals surface area contributed by atoms with E-state index in [4.69, 9.17) is 9.47 Å². The molecule has 3 aromatic rings. The van der Waals surface area contributed by atoms with Gasteiger partial charge in [-0.2, -0.15) is 18.2 Å². The van der Waals surface area contributed by atoms with Gasteiger partial charge in [-0.05, 0) is 49.9 Å². The first-order chi connectivity index (χ1) is 19.9. The molecule has 3 heterocycles. The van der Waals surface area contributed by atoms with E-state index in [0.717, 1.165) is 0 Å². The van der Waals surface area contributed by atoms with Crippen molar-refractivity contribution in [2.24, 2.45) is 0 Å². The first-order valence-electron chi connectivity index (χ1n) is 13.0. The van der Waals surface area contributed by atoms with Crippen molar-refractivity contribution in [2.75, 3.05) is 24.8 Å². The molecule has 2 aliphatic heterocycles. The van der Waals surface area contributed by atoms with E-state index in [1.54, 1.807) is 37.3 Å². The third-order valence-electron chi connectivity index (χ3n) is 7.33. The van der Waals surface area contributed by atoms with E-state index in [2.05, 4.69) is 25.9 Å². The van der Waals surface area contributed by atoms with E-state index in [1.807, 2.05) is 0 Å². The summed E-state index contributed by atoms with van der Waals surface area (Å²) < 4.78 is 52.6. The van der Waals surface area contributed by atoms with Gasteiger partial charge in [-0.3, -0.25) is 9.59 Å². The van der Waals surface area contributed by atoms with Gasteiger partial charge in [0.15, 0.2) is 0 Å². The van der Waals surface area contributed by atoms with Crippen molar-refractivity contribution < 1.29 is 37.3 Å². The zero-order valence-electron chi connectivity index (χ0n) is 22.8. The lowest BCUT2D eigenvalue weighted by Crippen LogP contribution is -2.57. The van der Waals surface area contributed by atoms with Crippen molar-refractivity contribution in [1.29, 1.82) is 0 Å². The van der Waals surface area contributed by atoms with E-state index < -0.39 is 34.2 Å². The van der Waals surface area contributed by atoms with Crippen LogP contribution in [0.4, 0.5) is 36.3 Å². The monoisotopic (exact) mass is 603 g/mol. The number of ether oxygens (including phenoxy) is 2.